The summed E-state index contributed by atoms with van der Waals surface area (Å²) < 4.78 is 10.7. The van der Waals surface area contributed by atoms with E-state index in [1.54, 1.807) is 24.3 Å². The number of nitrogens with zero attached hydrogens (tertiary/aromatic N) is 1. The predicted molar refractivity (Wildman–Crippen MR) is 102 cm³/mol. The molecule has 0 radical (unpaired) electrons. The molecule has 0 atom stereocenters. The minimum absolute atomic E-state index is 0.0560. The first-order valence-corrected chi connectivity index (χ1v) is 8.21. The first-order chi connectivity index (χ1) is 12.6. The average molecular weight is 387 g/mol. The summed E-state index contributed by atoms with van der Waals surface area (Å²) in [6.07, 6.45) is 6.55. The largest absolute Gasteiger partial charge is 0.478 e. The van der Waals surface area contributed by atoms with Crippen LogP contribution in [-0.2, 0) is 0 Å². The number of halogens is 2. The fraction of sp³-hybridized carbons (Fsp3) is 0.0526. The maximum atomic E-state index is 12.1. The summed E-state index contributed by atoms with van der Waals surface area (Å²) in [5.74, 6) is 2.33. The molecule has 0 aliphatic carbocycles. The second-order valence-corrected chi connectivity index (χ2v) is 5.97. The van der Waals surface area contributed by atoms with Gasteiger partial charge in [-0.2, -0.15) is 5.10 Å². The lowest BCUT2D eigenvalue weighted by Crippen LogP contribution is -2.16. The minimum Gasteiger partial charge on any atom is -0.478 e. The van der Waals surface area contributed by atoms with Gasteiger partial charge in [-0.3, -0.25) is 4.79 Å². The molecule has 0 aliphatic heterocycles. The van der Waals surface area contributed by atoms with Gasteiger partial charge in [0.05, 0.1) is 16.3 Å². The fourth-order valence-corrected chi connectivity index (χ4v) is 2.83. The summed E-state index contributed by atoms with van der Waals surface area (Å²) in [4.78, 5) is 12.1. The molecule has 1 aromatic heterocycles. The van der Waals surface area contributed by atoms with Crippen LogP contribution in [0.4, 0.5) is 0 Å². The number of ether oxygens (including phenoxy) is 1. The third kappa shape index (κ3) is 3.99. The molecule has 1 heterocycles. The third-order valence-corrected chi connectivity index (χ3v) is 3.91. The number of hydrogen-bond acceptors (Lipinski definition) is 4. The minimum atomic E-state index is -0.469. The smallest absolute Gasteiger partial charge is 0.307 e. The van der Waals surface area contributed by atoms with E-state index < -0.39 is 5.91 Å². The summed E-state index contributed by atoms with van der Waals surface area (Å²) >= 11 is 12.2. The van der Waals surface area contributed by atoms with Crippen molar-refractivity contribution in [3.05, 3.63) is 63.8 Å². The SMILES string of the molecule is C#CCOc1c(Cl)cc(/C=N/NC(=O)c2cc3ccccc3o2)cc1Cl. The molecule has 1 amide bonds. The van der Waals surface area contributed by atoms with Gasteiger partial charge >= 0.3 is 5.91 Å². The van der Waals surface area contributed by atoms with Crippen LogP contribution in [0.15, 0.2) is 52.0 Å². The van der Waals surface area contributed by atoms with E-state index in [0.29, 0.717) is 16.9 Å². The van der Waals surface area contributed by atoms with E-state index in [9.17, 15) is 4.79 Å². The van der Waals surface area contributed by atoms with Crippen molar-refractivity contribution in [3.8, 4) is 18.1 Å². The van der Waals surface area contributed by atoms with E-state index in [1.807, 2.05) is 18.2 Å². The molecule has 130 valence electrons. The maximum absolute atomic E-state index is 12.1. The number of carbonyl (C=O) groups is 1. The van der Waals surface area contributed by atoms with Crippen molar-refractivity contribution in [1.29, 1.82) is 0 Å². The fourth-order valence-electron chi connectivity index (χ4n) is 2.22. The van der Waals surface area contributed by atoms with Crippen molar-refractivity contribution in [3.63, 3.8) is 0 Å². The summed E-state index contributed by atoms with van der Waals surface area (Å²) in [6, 6.07) is 12.2. The van der Waals surface area contributed by atoms with Crippen molar-refractivity contribution in [2.75, 3.05) is 6.61 Å². The van der Waals surface area contributed by atoms with Gasteiger partial charge in [-0.25, -0.2) is 5.43 Å². The van der Waals surface area contributed by atoms with E-state index in [0.717, 1.165) is 5.39 Å². The summed E-state index contributed by atoms with van der Waals surface area (Å²) in [6.45, 7) is 0.0560. The zero-order valence-corrected chi connectivity index (χ0v) is 14.8. The van der Waals surface area contributed by atoms with Crippen LogP contribution in [0.2, 0.25) is 10.0 Å². The average Bonchev–Trinajstić information content (AvgIpc) is 3.05. The van der Waals surface area contributed by atoms with Gasteiger partial charge in [0, 0.05) is 5.39 Å². The molecular weight excluding hydrogens is 375 g/mol. The molecule has 26 heavy (non-hydrogen) atoms. The Hall–Kier alpha value is -2.94. The van der Waals surface area contributed by atoms with E-state index in [2.05, 4.69) is 16.4 Å². The van der Waals surface area contributed by atoms with Gasteiger partial charge in [-0.15, -0.1) is 6.42 Å². The number of benzene rings is 2. The van der Waals surface area contributed by atoms with Crippen LogP contribution in [0.5, 0.6) is 5.75 Å². The Morgan fingerprint density at radius 3 is 2.69 bits per heavy atom. The molecule has 1 N–H and O–H groups in total. The highest BCUT2D eigenvalue weighted by atomic mass is 35.5. The first-order valence-electron chi connectivity index (χ1n) is 7.46. The second-order valence-electron chi connectivity index (χ2n) is 5.15. The Bertz CT molecular complexity index is 979. The molecule has 0 unspecified atom stereocenters. The molecule has 0 bridgehead atoms. The number of furan rings is 1. The molecular formula is C19H12Cl2N2O3. The van der Waals surface area contributed by atoms with Gasteiger partial charge < -0.3 is 9.15 Å². The maximum Gasteiger partial charge on any atom is 0.307 e. The Morgan fingerprint density at radius 1 is 1.27 bits per heavy atom. The van der Waals surface area contributed by atoms with Crippen LogP contribution in [0.3, 0.4) is 0 Å². The number of hydrogen-bond donors (Lipinski definition) is 1. The van der Waals surface area contributed by atoms with Crippen LogP contribution in [0, 0.1) is 12.3 Å². The number of rotatable bonds is 5. The van der Waals surface area contributed by atoms with Crippen LogP contribution in [0.1, 0.15) is 16.1 Å². The number of para-hydroxylation sites is 1. The lowest BCUT2D eigenvalue weighted by atomic mass is 10.2. The van der Waals surface area contributed by atoms with Crippen molar-refractivity contribution >= 4 is 46.3 Å². The van der Waals surface area contributed by atoms with Crippen LogP contribution in [-0.4, -0.2) is 18.7 Å². The summed E-state index contributed by atoms with van der Waals surface area (Å²) in [5, 5.41) is 5.30. The number of carbonyl (C=O) groups excluding carboxylic acids is 1. The van der Waals surface area contributed by atoms with E-state index in [-0.39, 0.29) is 22.4 Å². The molecule has 0 fully saturated rings. The molecule has 7 heteroatoms. The van der Waals surface area contributed by atoms with Gasteiger partial charge in [0.15, 0.2) is 11.5 Å². The third-order valence-electron chi connectivity index (χ3n) is 3.35. The zero-order valence-electron chi connectivity index (χ0n) is 13.3. The van der Waals surface area contributed by atoms with Crippen LogP contribution < -0.4 is 10.2 Å². The van der Waals surface area contributed by atoms with Crippen LogP contribution >= 0.6 is 23.2 Å². The van der Waals surface area contributed by atoms with E-state index in [4.69, 9.17) is 38.8 Å². The molecule has 0 spiro atoms. The van der Waals surface area contributed by atoms with Crippen molar-refractivity contribution < 1.29 is 13.9 Å². The standard InChI is InChI=1S/C19H12Cl2N2O3/c1-2-7-25-18-14(20)8-12(9-15(18)21)11-22-23-19(24)17-10-13-5-3-4-6-16(13)26-17/h1,3-6,8-11H,7H2,(H,23,24)/b22-11+. The molecule has 2 aromatic carbocycles. The molecule has 3 aromatic rings. The molecule has 0 aliphatic rings. The summed E-state index contributed by atoms with van der Waals surface area (Å²) in [5.41, 5.74) is 3.60. The van der Waals surface area contributed by atoms with Gasteiger partial charge in [0.2, 0.25) is 0 Å². The molecule has 5 nitrogen and oxygen atoms in total. The topological polar surface area (TPSA) is 63.8 Å². The number of terminal acetylenes is 1. The quantitative estimate of drug-likeness (QED) is 0.398. The van der Waals surface area contributed by atoms with Crippen molar-refractivity contribution in [2.45, 2.75) is 0 Å². The van der Waals surface area contributed by atoms with Crippen molar-refractivity contribution in [1.82, 2.24) is 5.43 Å². The highest BCUT2D eigenvalue weighted by molar-refractivity contribution is 6.37. The molecule has 0 saturated carbocycles. The Balaban J connectivity index is 1.70. The van der Waals surface area contributed by atoms with Gasteiger partial charge in [0.25, 0.3) is 0 Å². The van der Waals surface area contributed by atoms with Crippen LogP contribution in [0.25, 0.3) is 11.0 Å². The van der Waals surface area contributed by atoms with Crippen molar-refractivity contribution in [2.24, 2.45) is 5.10 Å². The number of fused-ring (bicyclic) bond motifs is 1. The lowest BCUT2D eigenvalue weighted by molar-refractivity contribution is 0.0929. The van der Waals surface area contributed by atoms with Gasteiger partial charge in [0.1, 0.15) is 12.2 Å². The van der Waals surface area contributed by atoms with E-state index >= 15 is 0 Å². The highest BCUT2D eigenvalue weighted by Crippen LogP contribution is 2.33. The number of nitrogens with one attached hydrogen (secondary N) is 1. The monoisotopic (exact) mass is 386 g/mol. The molecule has 0 saturated heterocycles. The van der Waals surface area contributed by atoms with Gasteiger partial charge in [-0.1, -0.05) is 47.3 Å². The second kappa shape index (κ2) is 7.96. The van der Waals surface area contributed by atoms with E-state index in [1.165, 1.54) is 6.21 Å². The Labute approximate surface area is 159 Å². The predicted octanol–water partition coefficient (Wildman–Crippen LogP) is 4.52. The highest BCUT2D eigenvalue weighted by Gasteiger charge is 2.11. The number of hydrazone groups is 1. The lowest BCUT2D eigenvalue weighted by Gasteiger charge is -2.08. The van der Waals surface area contributed by atoms with Gasteiger partial charge in [-0.05, 0) is 29.8 Å². The Morgan fingerprint density at radius 2 is 2.00 bits per heavy atom. The normalized spacial score (nSPS) is 10.8. The zero-order chi connectivity index (χ0) is 18.5. The molecule has 3 rings (SSSR count). The summed E-state index contributed by atoms with van der Waals surface area (Å²) in [7, 11) is 0. The first kappa shape index (κ1) is 17.9. The Kier molecular flexibility index (Phi) is 5.47. The number of amides is 1.